The Hall–Kier alpha value is -1.60. The number of carbonyl (C=O) groups is 1. The van der Waals surface area contributed by atoms with Crippen molar-refractivity contribution in [2.45, 2.75) is 13.1 Å². The highest BCUT2D eigenvalue weighted by molar-refractivity contribution is 14.1. The molecule has 2 rings (SSSR count). The fourth-order valence-electron chi connectivity index (χ4n) is 2.19. The van der Waals surface area contributed by atoms with Gasteiger partial charge in [-0.2, -0.15) is 0 Å². The Morgan fingerprint density at radius 3 is 2.33 bits per heavy atom. The monoisotopic (exact) mass is 395 g/mol. The molecule has 21 heavy (non-hydrogen) atoms. The van der Waals surface area contributed by atoms with Crippen LogP contribution in [0.2, 0.25) is 0 Å². The molecular weight excluding hydrogens is 377 g/mol. The van der Waals surface area contributed by atoms with Gasteiger partial charge in [0.05, 0.1) is 6.54 Å². The van der Waals surface area contributed by atoms with Crippen molar-refractivity contribution in [2.75, 3.05) is 12.3 Å². The van der Waals surface area contributed by atoms with Gasteiger partial charge >= 0.3 is 0 Å². The minimum Gasteiger partial charge on any atom is -0.399 e. The second-order valence-electron chi connectivity index (χ2n) is 4.98. The summed E-state index contributed by atoms with van der Waals surface area (Å²) in [6.45, 7) is 1.54. The molecule has 0 unspecified atom stereocenters. The summed E-state index contributed by atoms with van der Waals surface area (Å²) in [5, 5.41) is 0. The second-order valence-corrected chi connectivity index (χ2v) is 6.23. The summed E-state index contributed by atoms with van der Waals surface area (Å²) < 4.78 is 1.19. The van der Waals surface area contributed by atoms with Crippen LogP contribution < -0.4 is 11.5 Å². The van der Waals surface area contributed by atoms with Crippen molar-refractivity contribution in [1.82, 2.24) is 4.90 Å². The van der Waals surface area contributed by atoms with Crippen LogP contribution in [0.4, 0.5) is 5.69 Å². The van der Waals surface area contributed by atoms with Crippen LogP contribution in [0.3, 0.4) is 0 Å². The standard InChI is InChI=1S/C16H18IN3O/c17-14-6-4-12(5-7-14)9-20(11-16(19)21)10-13-2-1-3-15(18)8-13/h1-8H,9-11,18H2,(H2,19,21). The molecule has 110 valence electrons. The van der Waals surface area contributed by atoms with Crippen molar-refractivity contribution in [3.63, 3.8) is 0 Å². The zero-order valence-corrected chi connectivity index (χ0v) is 13.8. The number of nitrogens with two attached hydrogens (primary N) is 2. The van der Waals surface area contributed by atoms with Gasteiger partial charge in [0.15, 0.2) is 0 Å². The number of nitrogen functional groups attached to an aromatic ring is 1. The van der Waals surface area contributed by atoms with Gasteiger partial charge in [0.1, 0.15) is 0 Å². The van der Waals surface area contributed by atoms with E-state index in [1.807, 2.05) is 29.2 Å². The number of carbonyl (C=O) groups excluding carboxylic acids is 1. The molecular formula is C16H18IN3O. The molecule has 2 aromatic carbocycles. The third-order valence-electron chi connectivity index (χ3n) is 3.06. The van der Waals surface area contributed by atoms with Crippen LogP contribution in [-0.2, 0) is 17.9 Å². The lowest BCUT2D eigenvalue weighted by atomic mass is 10.1. The topological polar surface area (TPSA) is 72.4 Å². The molecule has 0 radical (unpaired) electrons. The van der Waals surface area contributed by atoms with E-state index in [4.69, 9.17) is 11.5 Å². The highest BCUT2D eigenvalue weighted by Gasteiger charge is 2.10. The van der Waals surface area contributed by atoms with E-state index in [2.05, 4.69) is 46.9 Å². The Morgan fingerprint density at radius 2 is 1.71 bits per heavy atom. The third-order valence-corrected chi connectivity index (χ3v) is 3.78. The van der Waals surface area contributed by atoms with Crippen LogP contribution in [0.25, 0.3) is 0 Å². The highest BCUT2D eigenvalue weighted by atomic mass is 127. The number of amides is 1. The minimum atomic E-state index is -0.329. The maximum atomic E-state index is 11.3. The summed E-state index contributed by atoms with van der Waals surface area (Å²) in [6.07, 6.45) is 0. The van der Waals surface area contributed by atoms with Gasteiger partial charge in [0.25, 0.3) is 0 Å². The van der Waals surface area contributed by atoms with Crippen LogP contribution in [0, 0.1) is 3.57 Å². The fraction of sp³-hybridized carbons (Fsp3) is 0.188. The number of benzene rings is 2. The maximum Gasteiger partial charge on any atom is 0.231 e. The highest BCUT2D eigenvalue weighted by Crippen LogP contribution is 2.13. The van der Waals surface area contributed by atoms with E-state index in [9.17, 15) is 4.79 Å². The van der Waals surface area contributed by atoms with Gasteiger partial charge in [0, 0.05) is 22.3 Å². The Bertz CT molecular complexity index is 613. The third kappa shape index (κ3) is 5.35. The lowest BCUT2D eigenvalue weighted by molar-refractivity contribution is -0.119. The Morgan fingerprint density at radius 1 is 1.05 bits per heavy atom. The maximum absolute atomic E-state index is 11.3. The van der Waals surface area contributed by atoms with Crippen molar-refractivity contribution < 1.29 is 4.79 Å². The normalized spacial score (nSPS) is 10.8. The van der Waals surface area contributed by atoms with Crippen molar-refractivity contribution in [3.8, 4) is 0 Å². The smallest absolute Gasteiger partial charge is 0.231 e. The molecule has 0 saturated carbocycles. The van der Waals surface area contributed by atoms with Crippen LogP contribution >= 0.6 is 22.6 Å². The van der Waals surface area contributed by atoms with Gasteiger partial charge in [-0.15, -0.1) is 0 Å². The number of hydrogen-bond donors (Lipinski definition) is 2. The van der Waals surface area contributed by atoms with Crippen molar-refractivity contribution in [2.24, 2.45) is 5.73 Å². The number of primary amides is 1. The Labute approximate surface area is 138 Å². The molecule has 0 aliphatic heterocycles. The average molecular weight is 395 g/mol. The summed E-state index contributed by atoms with van der Waals surface area (Å²) in [5.41, 5.74) is 14.1. The molecule has 4 N–H and O–H groups in total. The summed E-state index contributed by atoms with van der Waals surface area (Å²) in [5.74, 6) is -0.329. The first-order valence-corrected chi connectivity index (χ1v) is 7.70. The molecule has 0 saturated heterocycles. The average Bonchev–Trinajstić information content (AvgIpc) is 2.40. The zero-order chi connectivity index (χ0) is 15.2. The largest absolute Gasteiger partial charge is 0.399 e. The second kappa shape index (κ2) is 7.42. The molecule has 0 bridgehead atoms. The molecule has 1 amide bonds. The van der Waals surface area contributed by atoms with E-state index in [0.717, 1.165) is 16.8 Å². The number of halogens is 1. The first-order chi connectivity index (χ1) is 10.0. The van der Waals surface area contributed by atoms with Gasteiger partial charge in [-0.25, -0.2) is 0 Å². The van der Waals surface area contributed by atoms with Crippen molar-refractivity contribution >= 4 is 34.2 Å². The summed E-state index contributed by atoms with van der Waals surface area (Å²) in [4.78, 5) is 13.3. The molecule has 0 heterocycles. The van der Waals surface area contributed by atoms with Gasteiger partial charge < -0.3 is 11.5 Å². The molecule has 0 fully saturated rings. The van der Waals surface area contributed by atoms with Gasteiger partial charge in [-0.1, -0.05) is 24.3 Å². The fourth-order valence-corrected chi connectivity index (χ4v) is 2.55. The van der Waals surface area contributed by atoms with Crippen LogP contribution in [0.1, 0.15) is 11.1 Å². The molecule has 0 aliphatic carbocycles. The number of hydrogen-bond acceptors (Lipinski definition) is 3. The molecule has 0 aromatic heterocycles. The van der Waals surface area contributed by atoms with E-state index < -0.39 is 0 Å². The quantitative estimate of drug-likeness (QED) is 0.583. The first kappa shape index (κ1) is 15.8. The summed E-state index contributed by atoms with van der Waals surface area (Å²) in [6, 6.07) is 15.9. The predicted molar refractivity (Wildman–Crippen MR) is 93.3 cm³/mol. The minimum absolute atomic E-state index is 0.223. The predicted octanol–water partition coefficient (Wildman–Crippen LogP) is 2.36. The molecule has 5 heteroatoms. The SMILES string of the molecule is NC(=O)CN(Cc1ccc(I)cc1)Cc1cccc(N)c1. The molecule has 0 aliphatic rings. The van der Waals surface area contributed by atoms with Gasteiger partial charge in [-0.05, 0) is 58.0 Å². The molecule has 4 nitrogen and oxygen atoms in total. The number of anilines is 1. The molecule has 2 aromatic rings. The first-order valence-electron chi connectivity index (χ1n) is 6.62. The van der Waals surface area contributed by atoms with E-state index in [-0.39, 0.29) is 12.5 Å². The van der Waals surface area contributed by atoms with Crippen LogP contribution in [0.5, 0.6) is 0 Å². The van der Waals surface area contributed by atoms with Gasteiger partial charge in [0.2, 0.25) is 5.91 Å². The number of rotatable bonds is 6. The van der Waals surface area contributed by atoms with Crippen molar-refractivity contribution in [3.05, 3.63) is 63.2 Å². The lowest BCUT2D eigenvalue weighted by Crippen LogP contribution is -2.33. The van der Waals surface area contributed by atoms with Crippen LogP contribution in [0.15, 0.2) is 48.5 Å². The Kier molecular flexibility index (Phi) is 5.58. The molecule has 0 atom stereocenters. The summed E-state index contributed by atoms with van der Waals surface area (Å²) >= 11 is 2.27. The Balaban J connectivity index is 2.10. The summed E-state index contributed by atoms with van der Waals surface area (Å²) in [7, 11) is 0. The number of nitrogens with zero attached hydrogens (tertiary/aromatic N) is 1. The molecule has 0 spiro atoms. The zero-order valence-electron chi connectivity index (χ0n) is 11.6. The van der Waals surface area contributed by atoms with Gasteiger partial charge in [-0.3, -0.25) is 9.69 Å². The van der Waals surface area contributed by atoms with E-state index in [1.165, 1.54) is 3.57 Å². The van der Waals surface area contributed by atoms with E-state index in [0.29, 0.717) is 13.1 Å². The van der Waals surface area contributed by atoms with E-state index >= 15 is 0 Å². The lowest BCUT2D eigenvalue weighted by Gasteiger charge is -2.21. The van der Waals surface area contributed by atoms with E-state index in [1.54, 1.807) is 0 Å². The van der Waals surface area contributed by atoms with Crippen LogP contribution in [-0.4, -0.2) is 17.4 Å². The van der Waals surface area contributed by atoms with Crippen molar-refractivity contribution in [1.29, 1.82) is 0 Å².